The summed E-state index contributed by atoms with van der Waals surface area (Å²) >= 11 is 8.89. The molecule has 0 aliphatic carbocycles. The first-order chi connectivity index (χ1) is 46.1. The number of para-hydroxylation sites is 2. The average molecular weight is 1160 g/mol. The van der Waals surface area contributed by atoms with E-state index in [1.54, 1.807) is 4.57 Å². The van der Waals surface area contributed by atoms with Crippen LogP contribution >= 0.6 is 22.9 Å². The summed E-state index contributed by atoms with van der Waals surface area (Å²) < 4.78 is 107. The SMILES string of the molecule is [2H]c1c([2H])c2c(c([2H])c1Cl)N(c1c(-c3ccccc3)cc(C(C)(C)C)cc1-c1ccccc1)c1cc(C(C)(C)C)cc3c1B2c1sc2cc(-n4c5c([2H])c([2H])c([2H])c([2H])c5c5c([2H])c([2H])c([2H])c([2H])c54)ccc2c1N3c1c(-c2ccccc2)cc(C(C)(C)C)cc1-c1ccccc1. The normalized spacial score (nSPS) is 15.0. The van der Waals surface area contributed by atoms with Crippen LogP contribution in [-0.2, 0) is 16.2 Å². The monoisotopic (exact) mass is 1160 g/mol. The number of thiophene rings is 1. The van der Waals surface area contributed by atoms with Gasteiger partial charge in [0.25, 0.3) is 6.71 Å². The van der Waals surface area contributed by atoms with Crippen LogP contribution in [-0.4, -0.2) is 11.3 Å². The van der Waals surface area contributed by atoms with Crippen LogP contribution in [0.15, 0.2) is 242 Å². The molecule has 13 aromatic rings. The van der Waals surface area contributed by atoms with Gasteiger partial charge in [-0.15, -0.1) is 11.3 Å². The molecule has 11 aromatic carbocycles. The van der Waals surface area contributed by atoms with Gasteiger partial charge in [0.15, 0.2) is 0 Å². The van der Waals surface area contributed by atoms with Crippen LogP contribution in [0.3, 0.4) is 0 Å². The minimum Gasteiger partial charge on any atom is -0.310 e. The molecule has 2 aliphatic heterocycles. The zero-order valence-corrected chi connectivity index (χ0v) is 51.0. The van der Waals surface area contributed by atoms with E-state index in [2.05, 4.69) is 181 Å². The van der Waals surface area contributed by atoms with Gasteiger partial charge in [-0.3, -0.25) is 0 Å². The van der Waals surface area contributed by atoms with Crippen molar-refractivity contribution in [1.29, 1.82) is 0 Å². The summed E-state index contributed by atoms with van der Waals surface area (Å²) in [7, 11) is 0. The molecule has 0 N–H and O–H groups in total. The fourth-order valence-corrected chi connectivity index (χ4v) is 14.4. The Labute approximate surface area is 531 Å². The lowest BCUT2D eigenvalue weighted by atomic mass is 9.36. The number of nitrogens with zero attached hydrogens (tertiary/aromatic N) is 3. The lowest BCUT2D eigenvalue weighted by molar-refractivity contribution is 0.590. The molecule has 15 rings (SSSR count). The largest absolute Gasteiger partial charge is 0.310 e. The molecule has 0 spiro atoms. The predicted molar refractivity (Wildman–Crippen MR) is 373 cm³/mol. The standard InChI is InChI=1S/C80H67BClN3S/c1-78(2,3)54-42-62(50-26-14-10-15-27-50)74(63(43-54)51-28-16-11-17-29-51)84-69-48-57(82)38-41-66(69)81-73-70(84)46-56(80(7,8)9)47-71(73)85(75-64(52-30-18-12-19-31-52)44-55(79(4,5)6)45-65(75)53-32-20-13-21-33-53)76-61-40-39-58(49-72(61)86-77(76)81)83-67-36-24-22-34-59(67)60-35-23-25-37-68(60)83/h10-49H,1-9H3/i22D,23D,24D,25D,34D,35D,36D,37D,38D,41D,48D. The van der Waals surface area contributed by atoms with Gasteiger partial charge in [0.05, 0.1) is 43.2 Å². The second-order valence-electron chi connectivity index (χ2n) is 25.8. The molecule has 2 aromatic heterocycles. The first kappa shape index (κ1) is 42.9. The fourth-order valence-electron chi connectivity index (χ4n) is 12.9. The van der Waals surface area contributed by atoms with E-state index in [-0.39, 0.29) is 55.8 Å². The lowest BCUT2D eigenvalue weighted by Crippen LogP contribution is -2.60. The van der Waals surface area contributed by atoms with Crippen molar-refractivity contribution < 1.29 is 15.1 Å². The number of halogens is 1. The Hall–Kier alpha value is -8.87. The molecule has 0 bridgehead atoms. The van der Waals surface area contributed by atoms with Crippen molar-refractivity contribution in [2.24, 2.45) is 0 Å². The summed E-state index contributed by atoms with van der Waals surface area (Å²) in [5.74, 6) is 0. The third-order valence-electron chi connectivity index (χ3n) is 17.3. The van der Waals surface area contributed by atoms with E-state index in [4.69, 9.17) is 17.1 Å². The molecule has 3 nitrogen and oxygen atoms in total. The molecule has 418 valence electrons. The Balaban J connectivity index is 1.17. The van der Waals surface area contributed by atoms with E-state index in [9.17, 15) is 9.60 Å². The molecule has 0 saturated heterocycles. The number of hydrogen-bond acceptors (Lipinski definition) is 3. The second kappa shape index (κ2) is 20.1. The number of anilines is 6. The maximum atomic E-state index is 10.6. The van der Waals surface area contributed by atoms with E-state index >= 15 is 0 Å². The number of aromatic nitrogens is 1. The van der Waals surface area contributed by atoms with Crippen LogP contribution in [0.5, 0.6) is 0 Å². The molecular formula is C80H67BClN3S. The van der Waals surface area contributed by atoms with Crippen LogP contribution in [0, 0.1) is 0 Å². The molecule has 86 heavy (non-hydrogen) atoms. The summed E-state index contributed by atoms with van der Waals surface area (Å²) in [6.07, 6.45) is 0. The average Bonchev–Trinajstić information content (AvgIpc) is 1.66. The Kier molecular flexibility index (Phi) is 10.0. The van der Waals surface area contributed by atoms with Gasteiger partial charge in [-0.05, 0) is 145 Å². The Morgan fingerprint density at radius 2 is 0.837 bits per heavy atom. The van der Waals surface area contributed by atoms with Crippen molar-refractivity contribution in [2.45, 2.75) is 78.6 Å². The predicted octanol–water partition coefficient (Wildman–Crippen LogP) is 21.3. The summed E-state index contributed by atoms with van der Waals surface area (Å²) in [4.78, 5) is 4.62. The molecule has 0 fully saturated rings. The molecule has 2 aliphatic rings. The molecular weight excluding hydrogens is 1080 g/mol. The highest BCUT2D eigenvalue weighted by molar-refractivity contribution is 7.33. The van der Waals surface area contributed by atoms with Crippen LogP contribution in [0.1, 0.15) is 94.1 Å². The van der Waals surface area contributed by atoms with Gasteiger partial charge in [0.2, 0.25) is 0 Å². The highest BCUT2D eigenvalue weighted by Crippen LogP contribution is 2.57. The van der Waals surface area contributed by atoms with E-state index in [1.165, 1.54) is 11.3 Å². The van der Waals surface area contributed by atoms with E-state index in [0.717, 1.165) is 105 Å². The molecule has 0 amide bonds. The van der Waals surface area contributed by atoms with Crippen molar-refractivity contribution in [3.8, 4) is 50.2 Å². The van der Waals surface area contributed by atoms with E-state index in [1.807, 2.05) is 66.7 Å². The number of benzene rings is 11. The summed E-state index contributed by atoms with van der Waals surface area (Å²) in [5.41, 5.74) is 15.5. The molecule has 0 unspecified atom stereocenters. The van der Waals surface area contributed by atoms with Gasteiger partial charge in [-0.2, -0.15) is 0 Å². The smallest absolute Gasteiger partial charge is 0.264 e. The minimum atomic E-state index is -0.828. The maximum absolute atomic E-state index is 10.6. The highest BCUT2D eigenvalue weighted by atomic mass is 35.5. The van der Waals surface area contributed by atoms with Gasteiger partial charge in [-0.1, -0.05) is 238 Å². The molecule has 0 atom stereocenters. The molecule has 6 heteroatoms. The van der Waals surface area contributed by atoms with E-state index < -0.39 is 60.5 Å². The van der Waals surface area contributed by atoms with Crippen molar-refractivity contribution in [3.63, 3.8) is 0 Å². The van der Waals surface area contributed by atoms with Crippen molar-refractivity contribution in [3.05, 3.63) is 264 Å². The summed E-state index contributed by atoms with van der Waals surface area (Å²) in [6.45, 7) is 19.1. The first-order valence-electron chi connectivity index (χ1n) is 34.8. The third-order valence-corrected chi connectivity index (χ3v) is 18.7. The quantitative estimate of drug-likeness (QED) is 0.147. The Morgan fingerprint density at radius 3 is 1.29 bits per heavy atom. The number of hydrogen-bond donors (Lipinski definition) is 0. The third kappa shape index (κ3) is 8.76. The Morgan fingerprint density at radius 1 is 0.419 bits per heavy atom. The highest BCUT2D eigenvalue weighted by Gasteiger charge is 2.48. The van der Waals surface area contributed by atoms with Gasteiger partial charge in [-0.25, -0.2) is 0 Å². The zero-order chi connectivity index (χ0) is 68.5. The first-order valence-corrected chi connectivity index (χ1v) is 30.5. The second-order valence-corrected chi connectivity index (χ2v) is 27.3. The molecule has 0 radical (unpaired) electrons. The summed E-state index contributed by atoms with van der Waals surface area (Å²) in [6, 6.07) is 56.9. The van der Waals surface area contributed by atoms with Gasteiger partial charge in [0, 0.05) is 75.7 Å². The maximum Gasteiger partial charge on any atom is 0.264 e. The Bertz CT molecular complexity index is 5310. The van der Waals surface area contributed by atoms with Crippen LogP contribution in [0.25, 0.3) is 82.1 Å². The van der Waals surface area contributed by atoms with E-state index in [0.29, 0.717) is 21.5 Å². The number of fused-ring (bicyclic) bond motifs is 9. The van der Waals surface area contributed by atoms with Crippen molar-refractivity contribution >= 4 is 111 Å². The van der Waals surface area contributed by atoms with Crippen LogP contribution < -0.4 is 25.5 Å². The molecule has 0 saturated carbocycles. The zero-order valence-electron chi connectivity index (χ0n) is 60.4. The van der Waals surface area contributed by atoms with Gasteiger partial charge >= 0.3 is 0 Å². The van der Waals surface area contributed by atoms with Crippen molar-refractivity contribution in [1.82, 2.24) is 4.57 Å². The topological polar surface area (TPSA) is 11.4 Å². The van der Waals surface area contributed by atoms with Gasteiger partial charge in [0.1, 0.15) is 0 Å². The van der Waals surface area contributed by atoms with Crippen LogP contribution in [0.2, 0.25) is 5.02 Å². The van der Waals surface area contributed by atoms with Crippen molar-refractivity contribution in [2.75, 3.05) is 9.80 Å². The minimum absolute atomic E-state index is 0.00393. The lowest BCUT2D eigenvalue weighted by Gasteiger charge is -2.46. The van der Waals surface area contributed by atoms with Crippen LogP contribution in [0.4, 0.5) is 34.1 Å². The fraction of sp³-hybridized carbons (Fsp3) is 0.150. The number of rotatable bonds is 7. The van der Waals surface area contributed by atoms with Gasteiger partial charge < -0.3 is 14.4 Å². The summed E-state index contributed by atoms with van der Waals surface area (Å²) in [5, 5.41) is 0.572. The molecule has 4 heterocycles.